The maximum atomic E-state index is 13.1. The average Bonchev–Trinajstić information content (AvgIpc) is 2.08. The zero-order valence-electron chi connectivity index (χ0n) is 7.05. The second-order valence-electron chi connectivity index (χ2n) is 2.79. The fraction of sp³-hybridized carbons (Fsp3) is 0.222. The average molecular weight is 202 g/mol. The SMILES string of the molecule is Cc1ccc(F)c(C(Cl)C(N)=O)c1. The molecule has 0 radical (unpaired) electrons. The topological polar surface area (TPSA) is 43.1 Å². The van der Waals surface area contributed by atoms with E-state index in [1.807, 2.05) is 0 Å². The van der Waals surface area contributed by atoms with Crippen molar-refractivity contribution in [3.8, 4) is 0 Å². The van der Waals surface area contributed by atoms with Gasteiger partial charge in [0.1, 0.15) is 11.2 Å². The van der Waals surface area contributed by atoms with Crippen LogP contribution in [0.15, 0.2) is 18.2 Å². The summed E-state index contributed by atoms with van der Waals surface area (Å²) in [7, 11) is 0. The van der Waals surface area contributed by atoms with Crippen molar-refractivity contribution < 1.29 is 9.18 Å². The summed E-state index contributed by atoms with van der Waals surface area (Å²) in [6.07, 6.45) is 0. The predicted molar refractivity (Wildman–Crippen MR) is 48.9 cm³/mol. The van der Waals surface area contributed by atoms with Crippen LogP contribution in [0.4, 0.5) is 4.39 Å². The Bertz CT molecular complexity index is 340. The van der Waals surface area contributed by atoms with Crippen LogP contribution >= 0.6 is 11.6 Å². The van der Waals surface area contributed by atoms with E-state index in [1.165, 1.54) is 12.1 Å². The monoisotopic (exact) mass is 201 g/mol. The van der Waals surface area contributed by atoms with E-state index in [9.17, 15) is 9.18 Å². The quantitative estimate of drug-likeness (QED) is 0.730. The minimum atomic E-state index is -1.10. The summed E-state index contributed by atoms with van der Waals surface area (Å²) in [5, 5.41) is -1.10. The number of hydrogen-bond donors (Lipinski definition) is 1. The van der Waals surface area contributed by atoms with Crippen LogP contribution in [0.25, 0.3) is 0 Å². The van der Waals surface area contributed by atoms with Gasteiger partial charge in [-0.2, -0.15) is 0 Å². The molecule has 0 aliphatic rings. The Kier molecular flexibility index (Phi) is 2.88. The van der Waals surface area contributed by atoms with Crippen LogP contribution in [-0.2, 0) is 4.79 Å². The van der Waals surface area contributed by atoms with Crippen molar-refractivity contribution >= 4 is 17.5 Å². The number of carbonyl (C=O) groups excluding carboxylic acids is 1. The molecular weight excluding hydrogens is 193 g/mol. The van der Waals surface area contributed by atoms with Gasteiger partial charge in [-0.15, -0.1) is 11.6 Å². The van der Waals surface area contributed by atoms with Crippen LogP contribution in [0.3, 0.4) is 0 Å². The van der Waals surface area contributed by atoms with Crippen molar-refractivity contribution in [3.63, 3.8) is 0 Å². The smallest absolute Gasteiger partial charge is 0.240 e. The molecule has 1 amide bonds. The highest BCUT2D eigenvalue weighted by molar-refractivity contribution is 6.30. The molecule has 0 aromatic heterocycles. The van der Waals surface area contributed by atoms with Crippen molar-refractivity contribution in [2.75, 3.05) is 0 Å². The van der Waals surface area contributed by atoms with Gasteiger partial charge in [-0.3, -0.25) is 4.79 Å². The Morgan fingerprint density at radius 1 is 1.62 bits per heavy atom. The molecule has 1 atom stereocenters. The molecule has 70 valence electrons. The van der Waals surface area contributed by atoms with Gasteiger partial charge in [-0.05, 0) is 13.0 Å². The van der Waals surface area contributed by atoms with Crippen LogP contribution in [0.2, 0.25) is 0 Å². The molecule has 13 heavy (non-hydrogen) atoms. The number of nitrogens with two attached hydrogens (primary N) is 1. The number of hydrogen-bond acceptors (Lipinski definition) is 1. The summed E-state index contributed by atoms with van der Waals surface area (Å²) >= 11 is 5.60. The summed E-state index contributed by atoms with van der Waals surface area (Å²) in [6, 6.07) is 4.38. The van der Waals surface area contributed by atoms with Crippen LogP contribution in [0, 0.1) is 12.7 Å². The van der Waals surface area contributed by atoms with Gasteiger partial charge in [-0.25, -0.2) is 4.39 Å². The molecule has 0 aliphatic carbocycles. The molecule has 1 unspecified atom stereocenters. The van der Waals surface area contributed by atoms with E-state index in [-0.39, 0.29) is 5.56 Å². The molecule has 4 heteroatoms. The lowest BCUT2D eigenvalue weighted by Crippen LogP contribution is -2.18. The first kappa shape index (κ1) is 9.99. The second kappa shape index (κ2) is 3.75. The first-order valence-electron chi connectivity index (χ1n) is 3.72. The zero-order chi connectivity index (χ0) is 10.0. The molecule has 1 aromatic carbocycles. The van der Waals surface area contributed by atoms with Gasteiger partial charge in [0, 0.05) is 5.56 Å². The molecule has 0 spiro atoms. The summed E-state index contributed by atoms with van der Waals surface area (Å²) < 4.78 is 13.1. The molecule has 2 N–H and O–H groups in total. The predicted octanol–water partition coefficient (Wildman–Crippen LogP) is 1.90. The molecule has 0 saturated heterocycles. The van der Waals surface area contributed by atoms with Gasteiger partial charge >= 0.3 is 0 Å². The summed E-state index contributed by atoms with van der Waals surface area (Å²) in [5.74, 6) is -1.25. The molecule has 0 fully saturated rings. The number of aryl methyl sites for hydroxylation is 1. The van der Waals surface area contributed by atoms with Gasteiger partial charge in [0.25, 0.3) is 0 Å². The van der Waals surface area contributed by atoms with Gasteiger partial charge in [0.05, 0.1) is 0 Å². The molecule has 1 aromatic rings. The number of rotatable bonds is 2. The van der Waals surface area contributed by atoms with E-state index in [0.717, 1.165) is 5.56 Å². The van der Waals surface area contributed by atoms with Crippen LogP contribution in [0.5, 0.6) is 0 Å². The number of halogens is 2. The van der Waals surface area contributed by atoms with Crippen molar-refractivity contribution in [2.45, 2.75) is 12.3 Å². The first-order chi connectivity index (χ1) is 6.02. The lowest BCUT2D eigenvalue weighted by atomic mass is 10.1. The van der Waals surface area contributed by atoms with Crippen molar-refractivity contribution in [2.24, 2.45) is 5.73 Å². The highest BCUT2D eigenvalue weighted by Gasteiger charge is 2.17. The van der Waals surface area contributed by atoms with Gasteiger partial charge in [0.15, 0.2) is 0 Å². The number of carbonyl (C=O) groups is 1. The van der Waals surface area contributed by atoms with Gasteiger partial charge in [0.2, 0.25) is 5.91 Å². The summed E-state index contributed by atoms with van der Waals surface area (Å²) in [4.78, 5) is 10.7. The zero-order valence-corrected chi connectivity index (χ0v) is 7.81. The third-order valence-electron chi connectivity index (χ3n) is 1.67. The normalized spacial score (nSPS) is 12.5. The van der Waals surface area contributed by atoms with E-state index < -0.39 is 17.1 Å². The van der Waals surface area contributed by atoms with Gasteiger partial charge in [-0.1, -0.05) is 17.7 Å². The highest BCUT2D eigenvalue weighted by Crippen LogP contribution is 2.23. The molecule has 0 aliphatic heterocycles. The molecule has 0 bridgehead atoms. The maximum absolute atomic E-state index is 13.1. The van der Waals surface area contributed by atoms with Crippen molar-refractivity contribution in [3.05, 3.63) is 35.1 Å². The lowest BCUT2D eigenvalue weighted by Gasteiger charge is -2.07. The standard InChI is InChI=1S/C9H9ClFNO/c1-5-2-3-7(11)6(4-5)8(10)9(12)13/h2-4,8H,1H3,(H2,12,13). The number of benzene rings is 1. The minimum Gasteiger partial charge on any atom is -0.368 e. The number of amides is 1. The third kappa shape index (κ3) is 2.18. The van der Waals surface area contributed by atoms with Crippen molar-refractivity contribution in [1.29, 1.82) is 0 Å². The van der Waals surface area contributed by atoms with Crippen LogP contribution in [-0.4, -0.2) is 5.91 Å². The lowest BCUT2D eigenvalue weighted by molar-refractivity contribution is -0.117. The molecular formula is C9H9ClFNO. The summed E-state index contributed by atoms with van der Waals surface area (Å²) in [6.45, 7) is 1.79. The van der Waals surface area contributed by atoms with E-state index in [2.05, 4.69) is 0 Å². The largest absolute Gasteiger partial charge is 0.368 e. The highest BCUT2D eigenvalue weighted by atomic mass is 35.5. The molecule has 1 rings (SSSR count). The van der Waals surface area contributed by atoms with E-state index >= 15 is 0 Å². The molecule has 0 heterocycles. The molecule has 2 nitrogen and oxygen atoms in total. The van der Waals surface area contributed by atoms with Crippen molar-refractivity contribution in [1.82, 2.24) is 0 Å². The number of alkyl halides is 1. The first-order valence-corrected chi connectivity index (χ1v) is 4.15. The Balaban J connectivity index is 3.12. The Labute approximate surface area is 80.5 Å². The van der Waals surface area contributed by atoms with Gasteiger partial charge < -0.3 is 5.73 Å². The van der Waals surface area contributed by atoms with E-state index in [1.54, 1.807) is 13.0 Å². The fourth-order valence-corrected chi connectivity index (χ4v) is 1.18. The fourth-order valence-electron chi connectivity index (χ4n) is 1.01. The third-order valence-corrected chi connectivity index (χ3v) is 2.12. The summed E-state index contributed by atoms with van der Waals surface area (Å²) in [5.41, 5.74) is 5.92. The molecule has 0 saturated carbocycles. The van der Waals surface area contributed by atoms with E-state index in [0.29, 0.717) is 0 Å². The van der Waals surface area contributed by atoms with Crippen LogP contribution < -0.4 is 5.73 Å². The number of primary amides is 1. The Morgan fingerprint density at radius 3 is 2.77 bits per heavy atom. The minimum absolute atomic E-state index is 0.133. The Hall–Kier alpha value is -1.09. The maximum Gasteiger partial charge on any atom is 0.240 e. The van der Waals surface area contributed by atoms with Crippen LogP contribution in [0.1, 0.15) is 16.5 Å². The van der Waals surface area contributed by atoms with E-state index in [4.69, 9.17) is 17.3 Å². The Morgan fingerprint density at radius 2 is 2.23 bits per heavy atom. The second-order valence-corrected chi connectivity index (χ2v) is 3.23.